The zero-order chi connectivity index (χ0) is 15.6. The molecule has 0 aromatic heterocycles. The van der Waals surface area contributed by atoms with E-state index in [1.807, 2.05) is 0 Å². The number of amides is 4. The summed E-state index contributed by atoms with van der Waals surface area (Å²) in [6.07, 6.45) is -0.200. The molecule has 0 aliphatic carbocycles. The number of benzene rings is 1. The Balaban J connectivity index is 2.02. The summed E-state index contributed by atoms with van der Waals surface area (Å²) in [7, 11) is 0. The van der Waals surface area contributed by atoms with Gasteiger partial charge in [0.15, 0.2) is 0 Å². The van der Waals surface area contributed by atoms with Gasteiger partial charge in [-0.3, -0.25) is 19.7 Å². The summed E-state index contributed by atoms with van der Waals surface area (Å²) in [5, 5.41) is 15.7. The van der Waals surface area contributed by atoms with E-state index in [2.05, 4.69) is 16.0 Å². The first-order valence-corrected chi connectivity index (χ1v) is 6.16. The monoisotopic (exact) mass is 291 g/mol. The summed E-state index contributed by atoms with van der Waals surface area (Å²) in [6.45, 7) is 1.56. The summed E-state index contributed by atoms with van der Waals surface area (Å²) in [5.41, 5.74) is 0.778. The second kappa shape index (κ2) is 5.61. The van der Waals surface area contributed by atoms with Crippen molar-refractivity contribution in [1.82, 2.24) is 10.6 Å². The standard InChI is InChI=1S/C13H13N3O5/c1-6(4-10(17)18)14-13(21)15-7-2-3-8-9(5-7)12(20)16-11(8)19/h2-3,5-6H,4H2,1H3,(H,17,18)(H2,14,15,21)(H,16,19,20). The van der Waals surface area contributed by atoms with E-state index in [9.17, 15) is 19.2 Å². The lowest BCUT2D eigenvalue weighted by molar-refractivity contribution is -0.137. The maximum absolute atomic E-state index is 11.7. The van der Waals surface area contributed by atoms with Crippen LogP contribution in [-0.2, 0) is 4.79 Å². The van der Waals surface area contributed by atoms with Crippen molar-refractivity contribution in [3.63, 3.8) is 0 Å². The molecule has 0 radical (unpaired) electrons. The van der Waals surface area contributed by atoms with Crippen molar-refractivity contribution < 1.29 is 24.3 Å². The Morgan fingerprint density at radius 2 is 1.90 bits per heavy atom. The minimum atomic E-state index is -1.02. The van der Waals surface area contributed by atoms with Crippen LogP contribution in [0.3, 0.4) is 0 Å². The number of carbonyl (C=O) groups excluding carboxylic acids is 3. The number of hydrogen-bond donors (Lipinski definition) is 4. The molecule has 8 nitrogen and oxygen atoms in total. The van der Waals surface area contributed by atoms with Gasteiger partial charge in [-0.2, -0.15) is 0 Å². The van der Waals surface area contributed by atoms with Gasteiger partial charge in [0.05, 0.1) is 17.5 Å². The molecule has 0 saturated heterocycles. The SMILES string of the molecule is CC(CC(=O)O)NC(=O)Nc1ccc2c(c1)C(=O)NC2=O. The van der Waals surface area contributed by atoms with Gasteiger partial charge in [-0.1, -0.05) is 0 Å². The fourth-order valence-electron chi connectivity index (χ4n) is 1.95. The highest BCUT2D eigenvalue weighted by molar-refractivity contribution is 6.22. The number of imide groups is 1. The topological polar surface area (TPSA) is 125 Å². The number of fused-ring (bicyclic) bond motifs is 1. The van der Waals surface area contributed by atoms with Gasteiger partial charge in [0, 0.05) is 11.7 Å². The Morgan fingerprint density at radius 1 is 1.24 bits per heavy atom. The van der Waals surface area contributed by atoms with Gasteiger partial charge in [-0.05, 0) is 25.1 Å². The highest BCUT2D eigenvalue weighted by Gasteiger charge is 2.26. The summed E-state index contributed by atoms with van der Waals surface area (Å²) in [5.74, 6) is -2.00. The van der Waals surface area contributed by atoms with Crippen LogP contribution in [-0.4, -0.2) is 35.0 Å². The lowest BCUT2D eigenvalue weighted by Gasteiger charge is -2.12. The van der Waals surface area contributed by atoms with Crippen LogP contribution < -0.4 is 16.0 Å². The number of nitrogens with one attached hydrogen (secondary N) is 3. The van der Waals surface area contributed by atoms with Crippen molar-refractivity contribution in [3.05, 3.63) is 29.3 Å². The van der Waals surface area contributed by atoms with E-state index in [0.29, 0.717) is 5.69 Å². The molecule has 0 spiro atoms. The number of carboxylic acid groups (broad SMARTS) is 1. The van der Waals surface area contributed by atoms with Crippen molar-refractivity contribution in [3.8, 4) is 0 Å². The smallest absolute Gasteiger partial charge is 0.319 e. The van der Waals surface area contributed by atoms with Crippen LogP contribution >= 0.6 is 0 Å². The third kappa shape index (κ3) is 3.35. The van der Waals surface area contributed by atoms with Crippen LogP contribution in [0.25, 0.3) is 0 Å². The predicted molar refractivity (Wildman–Crippen MR) is 72.1 cm³/mol. The zero-order valence-corrected chi connectivity index (χ0v) is 11.1. The molecule has 8 heteroatoms. The average molecular weight is 291 g/mol. The van der Waals surface area contributed by atoms with E-state index in [-0.39, 0.29) is 17.5 Å². The number of rotatable bonds is 4. The quantitative estimate of drug-likeness (QED) is 0.603. The molecule has 1 aromatic rings. The maximum atomic E-state index is 11.7. The normalized spacial score (nSPS) is 14.1. The summed E-state index contributed by atoms with van der Waals surface area (Å²) < 4.78 is 0. The minimum Gasteiger partial charge on any atom is -0.481 e. The highest BCUT2D eigenvalue weighted by Crippen LogP contribution is 2.20. The van der Waals surface area contributed by atoms with Crippen molar-refractivity contribution in [1.29, 1.82) is 0 Å². The molecule has 1 aromatic carbocycles. The molecule has 1 unspecified atom stereocenters. The minimum absolute atomic E-state index is 0.191. The van der Waals surface area contributed by atoms with Crippen LogP contribution in [0.15, 0.2) is 18.2 Å². The third-order valence-electron chi connectivity index (χ3n) is 2.85. The first-order chi connectivity index (χ1) is 9.86. The molecule has 110 valence electrons. The van der Waals surface area contributed by atoms with Gasteiger partial charge in [0.25, 0.3) is 11.8 Å². The predicted octanol–water partition coefficient (Wildman–Crippen LogP) is 0.555. The number of carbonyl (C=O) groups is 4. The third-order valence-corrected chi connectivity index (χ3v) is 2.85. The zero-order valence-electron chi connectivity index (χ0n) is 11.1. The van der Waals surface area contributed by atoms with Crippen LogP contribution in [0.1, 0.15) is 34.1 Å². The van der Waals surface area contributed by atoms with Crippen molar-refractivity contribution in [2.75, 3.05) is 5.32 Å². The van der Waals surface area contributed by atoms with E-state index >= 15 is 0 Å². The fourth-order valence-corrected chi connectivity index (χ4v) is 1.95. The van der Waals surface area contributed by atoms with Crippen LogP contribution in [0.5, 0.6) is 0 Å². The fraction of sp³-hybridized carbons (Fsp3) is 0.231. The second-order valence-corrected chi connectivity index (χ2v) is 4.64. The Hall–Kier alpha value is -2.90. The molecule has 4 amide bonds. The average Bonchev–Trinajstić information content (AvgIpc) is 2.63. The number of anilines is 1. The molecule has 1 heterocycles. The molecule has 2 rings (SSSR count). The van der Waals surface area contributed by atoms with Gasteiger partial charge >= 0.3 is 12.0 Å². The second-order valence-electron chi connectivity index (χ2n) is 4.64. The van der Waals surface area contributed by atoms with Crippen molar-refractivity contribution in [2.45, 2.75) is 19.4 Å². The number of aliphatic carboxylic acids is 1. The Bertz CT molecular complexity index is 641. The molecular formula is C13H13N3O5. The van der Waals surface area contributed by atoms with Gasteiger partial charge in [0.2, 0.25) is 0 Å². The van der Waals surface area contributed by atoms with E-state index in [1.165, 1.54) is 18.2 Å². The van der Waals surface area contributed by atoms with Gasteiger partial charge in [-0.25, -0.2) is 4.79 Å². The molecule has 0 bridgehead atoms. The first kappa shape index (κ1) is 14.5. The van der Waals surface area contributed by atoms with Gasteiger partial charge in [0.1, 0.15) is 0 Å². The van der Waals surface area contributed by atoms with Crippen molar-refractivity contribution >= 4 is 29.5 Å². The van der Waals surface area contributed by atoms with Crippen LogP contribution in [0, 0.1) is 0 Å². The van der Waals surface area contributed by atoms with E-state index in [4.69, 9.17) is 5.11 Å². The number of urea groups is 1. The first-order valence-electron chi connectivity index (χ1n) is 6.16. The van der Waals surface area contributed by atoms with Crippen LogP contribution in [0.2, 0.25) is 0 Å². The van der Waals surface area contributed by atoms with Crippen molar-refractivity contribution in [2.24, 2.45) is 0 Å². The summed E-state index contributed by atoms with van der Waals surface area (Å²) >= 11 is 0. The Kier molecular flexibility index (Phi) is 3.88. The van der Waals surface area contributed by atoms with E-state index in [0.717, 1.165) is 0 Å². The molecule has 4 N–H and O–H groups in total. The lowest BCUT2D eigenvalue weighted by atomic mass is 10.1. The van der Waals surface area contributed by atoms with E-state index < -0.39 is 29.9 Å². The molecular weight excluding hydrogens is 278 g/mol. The molecule has 1 aliphatic heterocycles. The largest absolute Gasteiger partial charge is 0.481 e. The number of carboxylic acids is 1. The Labute approximate surface area is 119 Å². The molecule has 21 heavy (non-hydrogen) atoms. The van der Waals surface area contributed by atoms with Gasteiger partial charge in [-0.15, -0.1) is 0 Å². The molecule has 0 saturated carbocycles. The molecule has 1 atom stereocenters. The van der Waals surface area contributed by atoms with Crippen LogP contribution in [0.4, 0.5) is 10.5 Å². The molecule has 0 fully saturated rings. The highest BCUT2D eigenvalue weighted by atomic mass is 16.4. The summed E-state index contributed by atoms with van der Waals surface area (Å²) in [4.78, 5) is 45.0. The summed E-state index contributed by atoms with van der Waals surface area (Å²) in [6, 6.07) is 3.18. The maximum Gasteiger partial charge on any atom is 0.319 e. The van der Waals surface area contributed by atoms with Gasteiger partial charge < -0.3 is 15.7 Å². The molecule has 1 aliphatic rings. The van der Waals surface area contributed by atoms with E-state index in [1.54, 1.807) is 6.92 Å². The lowest BCUT2D eigenvalue weighted by Crippen LogP contribution is -2.37. The Morgan fingerprint density at radius 3 is 2.57 bits per heavy atom. The number of hydrogen-bond acceptors (Lipinski definition) is 4.